The number of alkyl halides is 3. The third-order valence-corrected chi connectivity index (χ3v) is 4.58. The lowest BCUT2D eigenvalue weighted by Crippen LogP contribution is -2.41. The minimum absolute atomic E-state index is 0.0911. The van der Waals surface area contributed by atoms with Crippen molar-refractivity contribution in [1.29, 1.82) is 0 Å². The number of rotatable bonds is 5. The number of hydrogen-bond donors (Lipinski definition) is 1. The van der Waals surface area contributed by atoms with Gasteiger partial charge in [-0.05, 0) is 49.6 Å². The topological polar surface area (TPSA) is 32.3 Å². The highest BCUT2D eigenvalue weighted by Gasteiger charge is 2.34. The maximum absolute atomic E-state index is 13.2. The Balaban J connectivity index is 2.12. The van der Waals surface area contributed by atoms with Crippen LogP contribution in [0, 0.1) is 0 Å². The number of carbonyl (C=O) groups excluding carboxylic acids is 1. The number of hydrogen-bond acceptors (Lipinski definition) is 2. The molecule has 1 heterocycles. The molecule has 1 aromatic carbocycles. The van der Waals surface area contributed by atoms with Crippen molar-refractivity contribution in [2.24, 2.45) is 0 Å². The van der Waals surface area contributed by atoms with Crippen molar-refractivity contribution < 1.29 is 18.0 Å². The quantitative estimate of drug-likeness (QED) is 0.849. The number of likely N-dealkylation sites (tertiary alicyclic amines) is 1. The van der Waals surface area contributed by atoms with Crippen molar-refractivity contribution in [2.75, 3.05) is 13.1 Å². The van der Waals surface area contributed by atoms with Crippen molar-refractivity contribution in [3.05, 3.63) is 34.3 Å². The molecule has 1 atom stereocenters. The van der Waals surface area contributed by atoms with Crippen LogP contribution in [-0.2, 0) is 17.5 Å². The molecule has 2 rings (SSSR count). The summed E-state index contributed by atoms with van der Waals surface area (Å²) < 4.78 is 39.6. The summed E-state index contributed by atoms with van der Waals surface area (Å²) in [6.45, 7) is 2.98. The Labute approximate surface area is 145 Å². The van der Waals surface area contributed by atoms with Gasteiger partial charge in [-0.2, -0.15) is 13.2 Å². The van der Waals surface area contributed by atoms with Gasteiger partial charge in [0.2, 0.25) is 5.91 Å². The molecule has 7 heteroatoms. The van der Waals surface area contributed by atoms with Crippen LogP contribution in [0.1, 0.15) is 43.7 Å². The van der Waals surface area contributed by atoms with Gasteiger partial charge in [0.1, 0.15) is 0 Å². The highest BCUT2D eigenvalue weighted by Crippen LogP contribution is 2.35. The summed E-state index contributed by atoms with van der Waals surface area (Å²) in [6.07, 6.45) is -0.689. The molecule has 1 N–H and O–H groups in total. The average molecular weight is 363 g/mol. The van der Waals surface area contributed by atoms with Gasteiger partial charge in [0.05, 0.1) is 5.56 Å². The van der Waals surface area contributed by atoms with Crippen molar-refractivity contribution in [3.8, 4) is 0 Å². The molecule has 0 unspecified atom stereocenters. The Morgan fingerprint density at radius 2 is 2.12 bits per heavy atom. The van der Waals surface area contributed by atoms with Crippen molar-refractivity contribution >= 4 is 17.5 Å². The smallest absolute Gasteiger partial charge is 0.356 e. The lowest BCUT2D eigenvalue weighted by molar-refractivity contribution is -0.138. The highest BCUT2D eigenvalue weighted by atomic mass is 35.5. The molecule has 1 aliphatic rings. The summed E-state index contributed by atoms with van der Waals surface area (Å²) in [4.78, 5) is 13.1. The van der Waals surface area contributed by atoms with Crippen molar-refractivity contribution in [1.82, 2.24) is 10.2 Å². The summed E-state index contributed by atoms with van der Waals surface area (Å²) in [5.74, 6) is -0.0911. The summed E-state index contributed by atoms with van der Waals surface area (Å²) >= 11 is 5.91. The van der Waals surface area contributed by atoms with Gasteiger partial charge in [-0.25, -0.2) is 0 Å². The molecule has 0 aromatic heterocycles. The zero-order chi connectivity index (χ0) is 17.7. The van der Waals surface area contributed by atoms with E-state index in [0.717, 1.165) is 38.3 Å². The minimum Gasteiger partial charge on any atom is -0.356 e. The number of benzene rings is 1. The van der Waals surface area contributed by atoms with Crippen LogP contribution < -0.4 is 5.32 Å². The molecule has 0 spiro atoms. The molecule has 134 valence electrons. The van der Waals surface area contributed by atoms with Crippen LogP contribution in [0.15, 0.2) is 18.2 Å². The van der Waals surface area contributed by atoms with Crippen molar-refractivity contribution in [2.45, 2.75) is 51.4 Å². The third kappa shape index (κ3) is 5.38. The molecule has 0 bridgehead atoms. The van der Waals surface area contributed by atoms with Crippen LogP contribution in [0.5, 0.6) is 0 Å². The Morgan fingerprint density at radius 3 is 2.79 bits per heavy atom. The Morgan fingerprint density at radius 1 is 1.38 bits per heavy atom. The molecule has 1 amide bonds. The third-order valence-electron chi connectivity index (χ3n) is 4.35. The fraction of sp³-hybridized carbons (Fsp3) is 0.588. The summed E-state index contributed by atoms with van der Waals surface area (Å²) in [5.41, 5.74) is -0.417. The Hall–Kier alpha value is -1.27. The first-order valence-electron chi connectivity index (χ1n) is 8.11. The fourth-order valence-corrected chi connectivity index (χ4v) is 3.39. The summed E-state index contributed by atoms with van der Waals surface area (Å²) in [5, 5.41) is 3.07. The maximum Gasteiger partial charge on any atom is 0.416 e. The maximum atomic E-state index is 13.2. The average Bonchev–Trinajstić information content (AvgIpc) is 2.47. The van der Waals surface area contributed by atoms with Crippen LogP contribution in [0.4, 0.5) is 13.2 Å². The van der Waals surface area contributed by atoms with E-state index in [1.165, 1.54) is 19.1 Å². The zero-order valence-corrected chi connectivity index (χ0v) is 14.4. The van der Waals surface area contributed by atoms with Crippen LogP contribution in [0.25, 0.3) is 0 Å². The SMILES string of the molecule is CC(=O)NCC[C@H]1CCCCN1Cc1cc(Cl)ccc1C(F)(F)F. The van der Waals surface area contributed by atoms with Crippen LogP contribution in [-0.4, -0.2) is 29.9 Å². The van der Waals surface area contributed by atoms with Gasteiger partial charge in [0, 0.05) is 31.1 Å². The van der Waals surface area contributed by atoms with Crippen LogP contribution in [0.3, 0.4) is 0 Å². The van der Waals surface area contributed by atoms with Gasteiger partial charge in [0.15, 0.2) is 0 Å². The second-order valence-corrected chi connectivity index (χ2v) is 6.63. The van der Waals surface area contributed by atoms with Crippen molar-refractivity contribution in [3.63, 3.8) is 0 Å². The first kappa shape index (κ1) is 19.1. The molecule has 0 aliphatic carbocycles. The second kappa shape index (κ2) is 8.21. The van der Waals surface area contributed by atoms with E-state index in [9.17, 15) is 18.0 Å². The largest absolute Gasteiger partial charge is 0.416 e. The first-order chi connectivity index (χ1) is 11.3. The van der Waals surface area contributed by atoms with E-state index in [1.54, 1.807) is 0 Å². The number of amides is 1. The van der Waals surface area contributed by atoms with E-state index in [4.69, 9.17) is 11.6 Å². The molecule has 0 saturated carbocycles. The first-order valence-corrected chi connectivity index (χ1v) is 8.49. The molecule has 0 radical (unpaired) electrons. The number of halogens is 4. The number of piperidine rings is 1. The van der Waals surface area contributed by atoms with Gasteiger partial charge in [-0.15, -0.1) is 0 Å². The lowest BCUT2D eigenvalue weighted by Gasteiger charge is -2.36. The summed E-state index contributed by atoms with van der Waals surface area (Å²) in [7, 11) is 0. The number of nitrogens with one attached hydrogen (secondary N) is 1. The second-order valence-electron chi connectivity index (χ2n) is 6.19. The molecular formula is C17H22ClF3N2O. The predicted octanol–water partition coefficient (Wildman–Crippen LogP) is 4.24. The lowest BCUT2D eigenvalue weighted by atomic mass is 9.97. The molecule has 1 fully saturated rings. The van der Waals surface area contributed by atoms with Gasteiger partial charge in [0.25, 0.3) is 0 Å². The molecule has 3 nitrogen and oxygen atoms in total. The van der Waals surface area contributed by atoms with Gasteiger partial charge < -0.3 is 5.32 Å². The van der Waals surface area contributed by atoms with E-state index >= 15 is 0 Å². The van der Waals surface area contributed by atoms with Gasteiger partial charge in [-0.1, -0.05) is 18.0 Å². The van der Waals surface area contributed by atoms with E-state index in [2.05, 4.69) is 10.2 Å². The van der Waals surface area contributed by atoms with E-state index in [-0.39, 0.29) is 24.1 Å². The Bertz CT molecular complexity index is 577. The van der Waals surface area contributed by atoms with Crippen LogP contribution in [0.2, 0.25) is 5.02 Å². The van der Waals surface area contributed by atoms with Crippen LogP contribution >= 0.6 is 11.6 Å². The van der Waals surface area contributed by atoms with Gasteiger partial charge in [-0.3, -0.25) is 9.69 Å². The van der Waals surface area contributed by atoms with E-state index in [1.807, 2.05) is 0 Å². The molecule has 24 heavy (non-hydrogen) atoms. The predicted molar refractivity (Wildman–Crippen MR) is 87.8 cm³/mol. The normalized spacial score (nSPS) is 19.3. The van der Waals surface area contributed by atoms with E-state index < -0.39 is 11.7 Å². The van der Waals surface area contributed by atoms with E-state index in [0.29, 0.717) is 11.6 Å². The number of carbonyl (C=O) groups is 1. The molecule has 1 aliphatic heterocycles. The molecule has 1 aromatic rings. The fourth-order valence-electron chi connectivity index (χ4n) is 3.20. The highest BCUT2D eigenvalue weighted by molar-refractivity contribution is 6.30. The Kier molecular flexibility index (Phi) is 6.52. The zero-order valence-electron chi connectivity index (χ0n) is 13.6. The standard InChI is InChI=1S/C17H22ClF3N2O/c1-12(24)22-8-7-15-4-2-3-9-23(15)11-13-10-14(18)5-6-16(13)17(19,20)21/h5-6,10,15H,2-4,7-9,11H2,1H3,(H,22,24)/t15-/m1/s1. The van der Waals surface area contributed by atoms with Gasteiger partial charge >= 0.3 is 6.18 Å². The monoisotopic (exact) mass is 362 g/mol. The number of nitrogens with zero attached hydrogens (tertiary/aromatic N) is 1. The molecule has 1 saturated heterocycles. The summed E-state index contributed by atoms with van der Waals surface area (Å²) in [6, 6.07) is 3.90. The molecular weight excluding hydrogens is 341 g/mol. The minimum atomic E-state index is -4.39.